The lowest BCUT2D eigenvalue weighted by atomic mass is 10.2. The smallest absolute Gasteiger partial charge is 0.101 e. The summed E-state index contributed by atoms with van der Waals surface area (Å²) in [6, 6.07) is 8.53. The Balaban J connectivity index is 2.05. The Morgan fingerprint density at radius 1 is 1.56 bits per heavy atom. The summed E-state index contributed by atoms with van der Waals surface area (Å²) in [4.78, 5) is 0. The molecule has 1 aliphatic rings. The molecule has 16 heavy (non-hydrogen) atoms. The molecular weight excluding hydrogens is 264 g/mol. The van der Waals surface area contributed by atoms with E-state index in [9.17, 15) is 0 Å². The molecule has 2 rings (SSSR count). The Hall–Kier alpha value is -1.01. The zero-order chi connectivity index (χ0) is 11.5. The average Bonchev–Trinajstić information content (AvgIpc) is 2.97. The standard InChI is InChI=1S/C13H15BrN2/c1-2-3-9-6-12(9)16-13-7-11(14)5-4-10(13)8-15/h4-5,7,9,12,16H,2-3,6H2,1H3. The number of halogens is 1. The van der Waals surface area contributed by atoms with Gasteiger partial charge in [-0.1, -0.05) is 29.3 Å². The Morgan fingerprint density at radius 2 is 2.38 bits per heavy atom. The van der Waals surface area contributed by atoms with Crippen LogP contribution in [0.25, 0.3) is 0 Å². The van der Waals surface area contributed by atoms with Gasteiger partial charge < -0.3 is 5.32 Å². The zero-order valence-electron chi connectivity index (χ0n) is 9.33. The van der Waals surface area contributed by atoms with E-state index in [4.69, 9.17) is 5.26 Å². The van der Waals surface area contributed by atoms with Gasteiger partial charge in [0.2, 0.25) is 0 Å². The third-order valence-corrected chi connectivity index (χ3v) is 3.52. The van der Waals surface area contributed by atoms with Crippen LogP contribution in [-0.4, -0.2) is 6.04 Å². The van der Waals surface area contributed by atoms with Gasteiger partial charge in [-0.2, -0.15) is 5.26 Å². The lowest BCUT2D eigenvalue weighted by Crippen LogP contribution is -2.06. The van der Waals surface area contributed by atoms with Gasteiger partial charge in [-0.15, -0.1) is 0 Å². The van der Waals surface area contributed by atoms with E-state index in [-0.39, 0.29) is 0 Å². The molecule has 0 amide bonds. The fourth-order valence-corrected chi connectivity index (χ4v) is 2.41. The van der Waals surface area contributed by atoms with Gasteiger partial charge in [-0.3, -0.25) is 0 Å². The monoisotopic (exact) mass is 278 g/mol. The summed E-state index contributed by atoms with van der Waals surface area (Å²) in [6.45, 7) is 2.22. The Morgan fingerprint density at radius 3 is 3.06 bits per heavy atom. The Labute approximate surface area is 105 Å². The summed E-state index contributed by atoms with van der Waals surface area (Å²) in [5.74, 6) is 0.801. The molecule has 2 atom stereocenters. The van der Waals surface area contributed by atoms with E-state index in [1.807, 2.05) is 18.2 Å². The summed E-state index contributed by atoms with van der Waals surface area (Å²) in [7, 11) is 0. The van der Waals surface area contributed by atoms with E-state index in [2.05, 4.69) is 34.2 Å². The van der Waals surface area contributed by atoms with E-state index in [0.29, 0.717) is 6.04 Å². The minimum absolute atomic E-state index is 0.571. The van der Waals surface area contributed by atoms with Crippen LogP contribution in [0.5, 0.6) is 0 Å². The molecule has 2 unspecified atom stereocenters. The molecule has 1 N–H and O–H groups in total. The number of hydrogen-bond acceptors (Lipinski definition) is 2. The summed E-state index contributed by atoms with van der Waals surface area (Å²) in [5, 5.41) is 12.5. The Kier molecular flexibility index (Phi) is 3.50. The maximum absolute atomic E-state index is 9.01. The molecule has 84 valence electrons. The molecule has 2 nitrogen and oxygen atoms in total. The van der Waals surface area contributed by atoms with Gasteiger partial charge in [0.15, 0.2) is 0 Å². The number of nitriles is 1. The first-order valence-electron chi connectivity index (χ1n) is 5.70. The maximum atomic E-state index is 9.01. The van der Waals surface area contributed by atoms with Gasteiger partial charge in [0.1, 0.15) is 6.07 Å². The highest BCUT2D eigenvalue weighted by molar-refractivity contribution is 9.10. The van der Waals surface area contributed by atoms with Crippen LogP contribution in [0.3, 0.4) is 0 Å². The predicted molar refractivity (Wildman–Crippen MR) is 69.3 cm³/mol. The molecule has 3 heteroatoms. The second kappa shape index (κ2) is 4.88. The van der Waals surface area contributed by atoms with Crippen LogP contribution in [-0.2, 0) is 0 Å². The fourth-order valence-electron chi connectivity index (χ4n) is 2.05. The molecule has 1 saturated carbocycles. The molecule has 0 aromatic heterocycles. The van der Waals surface area contributed by atoms with Crippen molar-refractivity contribution in [2.24, 2.45) is 5.92 Å². The largest absolute Gasteiger partial charge is 0.381 e. The minimum Gasteiger partial charge on any atom is -0.381 e. The molecule has 0 spiro atoms. The summed E-state index contributed by atoms with van der Waals surface area (Å²) >= 11 is 3.43. The highest BCUT2D eigenvalue weighted by Gasteiger charge is 2.36. The van der Waals surface area contributed by atoms with Crippen LogP contribution in [0.15, 0.2) is 22.7 Å². The molecule has 0 aliphatic heterocycles. The average molecular weight is 279 g/mol. The van der Waals surface area contributed by atoms with Crippen molar-refractivity contribution in [1.29, 1.82) is 5.26 Å². The predicted octanol–water partition coefficient (Wildman–Crippen LogP) is 3.92. The lowest BCUT2D eigenvalue weighted by molar-refractivity contribution is 0.693. The first kappa shape index (κ1) is 11.5. The molecule has 1 aromatic carbocycles. The van der Waals surface area contributed by atoms with E-state index < -0.39 is 0 Å². The van der Waals surface area contributed by atoms with Gasteiger partial charge in [0.05, 0.1) is 11.3 Å². The van der Waals surface area contributed by atoms with E-state index in [1.165, 1.54) is 19.3 Å². The topological polar surface area (TPSA) is 35.8 Å². The molecule has 0 radical (unpaired) electrons. The first-order chi connectivity index (χ1) is 7.74. The van der Waals surface area contributed by atoms with Crippen LogP contribution in [0.4, 0.5) is 5.69 Å². The zero-order valence-corrected chi connectivity index (χ0v) is 10.9. The van der Waals surface area contributed by atoms with Crippen molar-refractivity contribution in [3.05, 3.63) is 28.2 Å². The highest BCUT2D eigenvalue weighted by atomic mass is 79.9. The number of nitrogens with zero attached hydrogens (tertiary/aromatic N) is 1. The third kappa shape index (κ3) is 2.56. The second-order valence-corrected chi connectivity index (χ2v) is 5.25. The van der Waals surface area contributed by atoms with E-state index >= 15 is 0 Å². The number of benzene rings is 1. The third-order valence-electron chi connectivity index (χ3n) is 3.03. The number of hydrogen-bond donors (Lipinski definition) is 1. The van der Waals surface area contributed by atoms with Crippen LogP contribution in [0.2, 0.25) is 0 Å². The molecule has 1 aliphatic carbocycles. The van der Waals surface area contributed by atoms with E-state index in [1.54, 1.807) is 0 Å². The van der Waals surface area contributed by atoms with Gasteiger partial charge in [-0.25, -0.2) is 0 Å². The van der Waals surface area contributed by atoms with Gasteiger partial charge in [0, 0.05) is 10.5 Å². The molecule has 0 bridgehead atoms. The second-order valence-electron chi connectivity index (χ2n) is 4.34. The van der Waals surface area contributed by atoms with Crippen LogP contribution < -0.4 is 5.32 Å². The SMILES string of the molecule is CCCC1CC1Nc1cc(Br)ccc1C#N. The van der Waals surface area contributed by atoms with Crippen molar-refractivity contribution in [2.45, 2.75) is 32.2 Å². The number of rotatable bonds is 4. The summed E-state index contributed by atoms with van der Waals surface area (Å²) in [5.41, 5.74) is 1.69. The normalized spacial score (nSPS) is 22.6. The van der Waals surface area contributed by atoms with Crippen molar-refractivity contribution in [3.63, 3.8) is 0 Å². The van der Waals surface area contributed by atoms with Gasteiger partial charge in [0.25, 0.3) is 0 Å². The van der Waals surface area contributed by atoms with Crippen molar-refractivity contribution in [1.82, 2.24) is 0 Å². The quantitative estimate of drug-likeness (QED) is 0.906. The lowest BCUT2D eigenvalue weighted by Gasteiger charge is -2.08. The van der Waals surface area contributed by atoms with Gasteiger partial charge >= 0.3 is 0 Å². The molecule has 1 aromatic rings. The summed E-state index contributed by atoms with van der Waals surface area (Å²) < 4.78 is 1.02. The highest BCUT2D eigenvalue weighted by Crippen LogP contribution is 2.38. The fraction of sp³-hybridized carbons (Fsp3) is 0.462. The number of nitrogens with one attached hydrogen (secondary N) is 1. The molecule has 1 fully saturated rings. The molecule has 0 saturated heterocycles. The van der Waals surface area contributed by atoms with Crippen LogP contribution >= 0.6 is 15.9 Å². The van der Waals surface area contributed by atoms with Crippen molar-refractivity contribution < 1.29 is 0 Å². The Bertz CT molecular complexity index is 422. The van der Waals surface area contributed by atoms with Crippen LogP contribution in [0, 0.1) is 17.2 Å². The van der Waals surface area contributed by atoms with Crippen molar-refractivity contribution >= 4 is 21.6 Å². The molecule has 0 heterocycles. The first-order valence-corrected chi connectivity index (χ1v) is 6.50. The van der Waals surface area contributed by atoms with Gasteiger partial charge in [-0.05, 0) is 37.0 Å². The maximum Gasteiger partial charge on any atom is 0.101 e. The van der Waals surface area contributed by atoms with Crippen molar-refractivity contribution in [2.75, 3.05) is 5.32 Å². The van der Waals surface area contributed by atoms with E-state index in [0.717, 1.165) is 21.6 Å². The molecular formula is C13H15BrN2. The van der Waals surface area contributed by atoms with Crippen molar-refractivity contribution in [3.8, 4) is 6.07 Å². The minimum atomic E-state index is 0.571. The van der Waals surface area contributed by atoms with Crippen LogP contribution in [0.1, 0.15) is 31.7 Å². The summed E-state index contributed by atoms with van der Waals surface area (Å²) in [6.07, 6.45) is 3.77. The number of anilines is 1.